The lowest BCUT2D eigenvalue weighted by molar-refractivity contribution is 0.0951. The topological polar surface area (TPSA) is 63.2 Å². The van der Waals surface area contributed by atoms with Crippen molar-refractivity contribution in [2.24, 2.45) is 0 Å². The van der Waals surface area contributed by atoms with Crippen molar-refractivity contribution in [1.82, 2.24) is 5.32 Å². The van der Waals surface area contributed by atoms with E-state index in [1.54, 1.807) is 24.3 Å². The smallest absolute Gasteiger partial charge is 0.251 e. The lowest BCUT2D eigenvalue weighted by Gasteiger charge is -2.07. The molecule has 0 aliphatic heterocycles. The van der Waals surface area contributed by atoms with Crippen LogP contribution in [0.4, 0.5) is 0 Å². The van der Waals surface area contributed by atoms with E-state index in [0.717, 1.165) is 5.56 Å². The maximum atomic E-state index is 12.1. The van der Waals surface area contributed by atoms with Gasteiger partial charge in [0, 0.05) is 18.4 Å². The highest BCUT2D eigenvalue weighted by atomic mass is 32.2. The molecule has 110 valence electrons. The molecule has 0 aromatic heterocycles. The minimum absolute atomic E-state index is 0.0627. The zero-order chi connectivity index (χ0) is 15.3. The zero-order valence-corrected chi connectivity index (χ0v) is 12.6. The first-order valence-electron chi connectivity index (χ1n) is 6.53. The molecule has 0 atom stereocenters. The third-order valence-electron chi connectivity index (χ3n) is 2.91. The van der Waals surface area contributed by atoms with Crippen molar-refractivity contribution in [3.05, 3.63) is 71.3 Å². The Morgan fingerprint density at radius 1 is 1.00 bits per heavy atom. The van der Waals surface area contributed by atoms with Crippen molar-refractivity contribution in [3.63, 3.8) is 0 Å². The van der Waals surface area contributed by atoms with E-state index in [9.17, 15) is 13.2 Å². The van der Waals surface area contributed by atoms with E-state index in [-0.39, 0.29) is 11.7 Å². The summed E-state index contributed by atoms with van der Waals surface area (Å²) in [5.74, 6) is -0.276. The van der Waals surface area contributed by atoms with E-state index in [1.807, 2.05) is 30.3 Å². The van der Waals surface area contributed by atoms with Crippen molar-refractivity contribution in [3.8, 4) is 0 Å². The van der Waals surface area contributed by atoms with Gasteiger partial charge in [-0.25, -0.2) is 8.42 Å². The predicted molar refractivity (Wildman–Crippen MR) is 82.6 cm³/mol. The van der Waals surface area contributed by atoms with Gasteiger partial charge in [0.15, 0.2) is 9.84 Å². The molecule has 1 amide bonds. The maximum absolute atomic E-state index is 12.1. The van der Waals surface area contributed by atoms with Gasteiger partial charge in [-0.1, -0.05) is 42.5 Å². The lowest BCUT2D eigenvalue weighted by atomic mass is 10.1. The van der Waals surface area contributed by atoms with Crippen LogP contribution in [-0.2, 0) is 22.1 Å². The summed E-state index contributed by atoms with van der Waals surface area (Å²) in [6, 6.07) is 16.3. The molecule has 1 N–H and O–H groups in total. The molecule has 21 heavy (non-hydrogen) atoms. The average molecular weight is 303 g/mol. The maximum Gasteiger partial charge on any atom is 0.251 e. The molecule has 5 heteroatoms. The Kier molecular flexibility index (Phi) is 4.75. The van der Waals surface area contributed by atoms with Gasteiger partial charge in [-0.05, 0) is 23.3 Å². The Morgan fingerprint density at radius 2 is 1.67 bits per heavy atom. The molecule has 0 saturated heterocycles. The summed E-state index contributed by atoms with van der Waals surface area (Å²) in [5, 5.41) is 2.82. The molecule has 0 fully saturated rings. The molecule has 2 aromatic rings. The van der Waals surface area contributed by atoms with Crippen molar-refractivity contribution in [2.75, 3.05) is 6.26 Å². The van der Waals surface area contributed by atoms with E-state index in [0.29, 0.717) is 17.7 Å². The molecule has 0 aliphatic rings. The second-order valence-electron chi connectivity index (χ2n) is 4.94. The van der Waals surface area contributed by atoms with Crippen LogP contribution in [0.25, 0.3) is 0 Å². The van der Waals surface area contributed by atoms with Crippen LogP contribution in [0, 0.1) is 0 Å². The van der Waals surface area contributed by atoms with Crippen LogP contribution >= 0.6 is 0 Å². The number of nitrogens with one attached hydrogen (secondary N) is 1. The Bertz CT molecular complexity index is 724. The first-order valence-corrected chi connectivity index (χ1v) is 8.59. The minimum atomic E-state index is -3.11. The zero-order valence-electron chi connectivity index (χ0n) is 11.7. The van der Waals surface area contributed by atoms with Crippen LogP contribution in [0.1, 0.15) is 21.5 Å². The van der Waals surface area contributed by atoms with Crippen LogP contribution in [-0.4, -0.2) is 20.6 Å². The normalized spacial score (nSPS) is 11.1. The quantitative estimate of drug-likeness (QED) is 0.920. The van der Waals surface area contributed by atoms with Gasteiger partial charge in [0.05, 0.1) is 5.75 Å². The SMILES string of the molecule is CS(=O)(=O)Cc1cccc(C(=O)NCc2ccccc2)c1. The van der Waals surface area contributed by atoms with Gasteiger partial charge in [0.1, 0.15) is 0 Å². The Balaban J connectivity index is 2.04. The largest absolute Gasteiger partial charge is 0.348 e. The van der Waals surface area contributed by atoms with Crippen LogP contribution < -0.4 is 5.32 Å². The molecule has 0 unspecified atom stereocenters. The fourth-order valence-corrected chi connectivity index (χ4v) is 2.77. The summed E-state index contributed by atoms with van der Waals surface area (Å²) in [6.45, 7) is 0.440. The summed E-state index contributed by atoms with van der Waals surface area (Å²) >= 11 is 0. The summed E-state index contributed by atoms with van der Waals surface area (Å²) in [4.78, 5) is 12.1. The molecule has 0 heterocycles. The van der Waals surface area contributed by atoms with Gasteiger partial charge in [0.2, 0.25) is 0 Å². The fraction of sp³-hybridized carbons (Fsp3) is 0.188. The monoisotopic (exact) mass is 303 g/mol. The number of hydrogen-bond donors (Lipinski definition) is 1. The first kappa shape index (κ1) is 15.3. The van der Waals surface area contributed by atoms with Gasteiger partial charge in [-0.3, -0.25) is 4.79 Å². The highest BCUT2D eigenvalue weighted by molar-refractivity contribution is 7.89. The first-order chi connectivity index (χ1) is 9.94. The molecule has 0 bridgehead atoms. The van der Waals surface area contributed by atoms with Gasteiger partial charge < -0.3 is 5.32 Å². The van der Waals surface area contributed by atoms with Crippen molar-refractivity contribution >= 4 is 15.7 Å². The van der Waals surface area contributed by atoms with E-state index in [1.165, 1.54) is 6.26 Å². The van der Waals surface area contributed by atoms with Gasteiger partial charge in [0.25, 0.3) is 5.91 Å². The Morgan fingerprint density at radius 3 is 2.33 bits per heavy atom. The van der Waals surface area contributed by atoms with Crippen molar-refractivity contribution < 1.29 is 13.2 Å². The molecule has 4 nitrogen and oxygen atoms in total. The Hall–Kier alpha value is -2.14. The average Bonchev–Trinajstić information content (AvgIpc) is 2.44. The fourth-order valence-electron chi connectivity index (χ4n) is 1.99. The van der Waals surface area contributed by atoms with E-state index in [2.05, 4.69) is 5.32 Å². The number of carbonyl (C=O) groups is 1. The van der Waals surface area contributed by atoms with Gasteiger partial charge in [-0.15, -0.1) is 0 Å². The number of carbonyl (C=O) groups excluding carboxylic acids is 1. The summed E-state index contributed by atoms with van der Waals surface area (Å²) in [5.41, 5.74) is 2.09. The third kappa shape index (κ3) is 5.04. The molecule has 0 radical (unpaired) electrons. The van der Waals surface area contributed by atoms with E-state index in [4.69, 9.17) is 0 Å². The molecule has 2 rings (SSSR count). The molecular weight excluding hydrogens is 286 g/mol. The molecule has 2 aromatic carbocycles. The van der Waals surface area contributed by atoms with Crippen LogP contribution in [0.15, 0.2) is 54.6 Å². The second-order valence-corrected chi connectivity index (χ2v) is 7.08. The standard InChI is InChI=1S/C16H17NO3S/c1-21(19,20)12-14-8-5-9-15(10-14)16(18)17-11-13-6-3-2-4-7-13/h2-10H,11-12H2,1H3,(H,17,18). The van der Waals surface area contributed by atoms with Crippen molar-refractivity contribution in [2.45, 2.75) is 12.3 Å². The summed E-state index contributed by atoms with van der Waals surface area (Å²) in [7, 11) is -3.11. The molecule has 0 aliphatic carbocycles. The van der Waals surface area contributed by atoms with E-state index >= 15 is 0 Å². The van der Waals surface area contributed by atoms with Crippen LogP contribution in [0.3, 0.4) is 0 Å². The number of rotatable bonds is 5. The highest BCUT2D eigenvalue weighted by Crippen LogP contribution is 2.09. The minimum Gasteiger partial charge on any atom is -0.348 e. The second kappa shape index (κ2) is 6.54. The van der Waals surface area contributed by atoms with Gasteiger partial charge in [-0.2, -0.15) is 0 Å². The number of amides is 1. The van der Waals surface area contributed by atoms with Crippen LogP contribution in [0.2, 0.25) is 0 Å². The summed E-state index contributed by atoms with van der Waals surface area (Å²) < 4.78 is 22.6. The number of sulfone groups is 1. The highest BCUT2D eigenvalue weighted by Gasteiger charge is 2.09. The molecule has 0 saturated carbocycles. The van der Waals surface area contributed by atoms with Gasteiger partial charge >= 0.3 is 0 Å². The summed E-state index contributed by atoms with van der Waals surface area (Å²) in [6.07, 6.45) is 1.18. The van der Waals surface area contributed by atoms with Crippen LogP contribution in [0.5, 0.6) is 0 Å². The molecular formula is C16H17NO3S. The van der Waals surface area contributed by atoms with Crippen molar-refractivity contribution in [1.29, 1.82) is 0 Å². The predicted octanol–water partition coefficient (Wildman–Crippen LogP) is 2.16. The third-order valence-corrected chi connectivity index (χ3v) is 3.77. The molecule has 0 spiro atoms. The lowest BCUT2D eigenvalue weighted by Crippen LogP contribution is -2.22. The van der Waals surface area contributed by atoms with E-state index < -0.39 is 9.84 Å². The number of benzene rings is 2. The number of hydrogen-bond acceptors (Lipinski definition) is 3. The Labute approximate surface area is 124 Å².